The Morgan fingerprint density at radius 2 is 2.26 bits per heavy atom. The number of carbonyl (C=O) groups is 1. The number of aliphatic carboxylic acids is 1. The molecule has 9 nitrogen and oxygen atoms in total. The van der Waals surface area contributed by atoms with Gasteiger partial charge in [-0.15, -0.1) is 10.2 Å². The van der Waals surface area contributed by atoms with Crippen molar-refractivity contribution < 1.29 is 18.3 Å². The molecular weight excluding hydrogens is 294 g/mol. The zero-order valence-corrected chi connectivity index (χ0v) is 11.3. The molecule has 2 aromatic rings. The fraction of sp³-hybridized carbons (Fsp3) is 0.250. The lowest BCUT2D eigenvalue weighted by Gasteiger charge is -2.00. The molecule has 0 bridgehead atoms. The molecule has 2 N–H and O–H groups in total. The first-order valence-electron chi connectivity index (χ1n) is 4.94. The molecule has 0 aliphatic heterocycles. The van der Waals surface area contributed by atoms with Gasteiger partial charge in [0.15, 0.2) is 0 Å². The second-order valence-electron chi connectivity index (χ2n) is 3.50. The van der Waals surface area contributed by atoms with Crippen LogP contribution in [0.25, 0.3) is 0 Å². The van der Waals surface area contributed by atoms with Crippen molar-refractivity contribution >= 4 is 32.5 Å². The van der Waals surface area contributed by atoms with E-state index in [1.54, 1.807) is 6.92 Å². The standard InChI is InChI=1S/C8H9N5O4S2/c1-5-10-11-8(18-5)12-19(16,17)6-2-9-13(3-6)4-7(14)15/h2-3H,4H2,1H3,(H,11,12)(H,14,15). The second kappa shape index (κ2) is 4.93. The molecule has 0 atom stereocenters. The average Bonchev–Trinajstić information content (AvgIpc) is 2.87. The molecule has 11 heteroatoms. The monoisotopic (exact) mass is 303 g/mol. The normalized spacial score (nSPS) is 11.4. The molecule has 0 spiro atoms. The van der Waals surface area contributed by atoms with Crippen LogP contribution >= 0.6 is 11.3 Å². The Bertz CT molecular complexity index is 704. The molecule has 0 amide bonds. The summed E-state index contributed by atoms with van der Waals surface area (Å²) in [4.78, 5) is 10.3. The fourth-order valence-electron chi connectivity index (χ4n) is 1.22. The summed E-state index contributed by atoms with van der Waals surface area (Å²) in [6.45, 7) is 1.29. The number of carboxylic acids is 1. The highest BCUT2D eigenvalue weighted by atomic mass is 32.2. The van der Waals surface area contributed by atoms with Crippen molar-refractivity contribution in [1.29, 1.82) is 0 Å². The number of rotatable bonds is 5. The maximum Gasteiger partial charge on any atom is 0.325 e. The first kappa shape index (κ1) is 13.4. The highest BCUT2D eigenvalue weighted by Gasteiger charge is 2.19. The zero-order chi connectivity index (χ0) is 14.0. The quantitative estimate of drug-likeness (QED) is 0.791. The fourth-order valence-corrected chi connectivity index (χ4v) is 2.99. The number of anilines is 1. The summed E-state index contributed by atoms with van der Waals surface area (Å²) in [6.07, 6.45) is 2.20. The van der Waals surface area contributed by atoms with Crippen LogP contribution in [0.3, 0.4) is 0 Å². The second-order valence-corrected chi connectivity index (χ2v) is 6.36. The predicted molar refractivity (Wildman–Crippen MR) is 65.3 cm³/mol. The van der Waals surface area contributed by atoms with Crippen molar-refractivity contribution in [3.63, 3.8) is 0 Å². The molecule has 0 radical (unpaired) electrons. The third-order valence-corrected chi connectivity index (χ3v) is 4.14. The lowest BCUT2D eigenvalue weighted by atomic mass is 10.6. The third kappa shape index (κ3) is 3.26. The molecule has 19 heavy (non-hydrogen) atoms. The molecule has 0 aliphatic carbocycles. The van der Waals surface area contributed by atoms with Gasteiger partial charge in [0, 0.05) is 6.20 Å². The molecule has 2 heterocycles. The minimum Gasteiger partial charge on any atom is -0.480 e. The van der Waals surface area contributed by atoms with Gasteiger partial charge in [-0.3, -0.25) is 14.2 Å². The molecule has 0 aliphatic rings. The van der Waals surface area contributed by atoms with Crippen LogP contribution in [0, 0.1) is 6.92 Å². The number of carboxylic acid groups (broad SMARTS) is 1. The Labute approximate surface area is 112 Å². The van der Waals surface area contributed by atoms with E-state index >= 15 is 0 Å². The Morgan fingerprint density at radius 3 is 2.84 bits per heavy atom. The summed E-state index contributed by atoms with van der Waals surface area (Å²) in [5, 5.41) is 20.3. The lowest BCUT2D eigenvalue weighted by Crippen LogP contribution is -2.12. The molecule has 2 aromatic heterocycles. The highest BCUT2D eigenvalue weighted by Crippen LogP contribution is 2.18. The first-order valence-corrected chi connectivity index (χ1v) is 7.24. The van der Waals surface area contributed by atoms with Gasteiger partial charge in [0.1, 0.15) is 16.4 Å². The first-order chi connectivity index (χ1) is 8.87. The Balaban J connectivity index is 2.19. The van der Waals surface area contributed by atoms with Gasteiger partial charge in [0.2, 0.25) is 5.13 Å². The van der Waals surface area contributed by atoms with Crippen molar-refractivity contribution in [1.82, 2.24) is 20.0 Å². The van der Waals surface area contributed by atoms with E-state index in [0.717, 1.165) is 28.4 Å². The summed E-state index contributed by atoms with van der Waals surface area (Å²) < 4.78 is 27.1. The summed E-state index contributed by atoms with van der Waals surface area (Å²) in [5.41, 5.74) is 0. The number of hydrogen-bond acceptors (Lipinski definition) is 7. The van der Waals surface area contributed by atoms with Gasteiger partial charge < -0.3 is 5.11 Å². The number of aromatic nitrogens is 4. The molecule has 2 rings (SSSR count). The third-order valence-electron chi connectivity index (χ3n) is 1.96. The van der Waals surface area contributed by atoms with E-state index in [2.05, 4.69) is 20.0 Å². The summed E-state index contributed by atoms with van der Waals surface area (Å²) >= 11 is 1.09. The van der Waals surface area contributed by atoms with Gasteiger partial charge in [0.05, 0.1) is 6.20 Å². The van der Waals surface area contributed by atoms with Crippen LogP contribution in [-0.2, 0) is 21.4 Å². The molecule has 0 saturated carbocycles. The van der Waals surface area contributed by atoms with Crippen LogP contribution in [0.2, 0.25) is 0 Å². The highest BCUT2D eigenvalue weighted by molar-refractivity contribution is 7.93. The van der Waals surface area contributed by atoms with Crippen LogP contribution < -0.4 is 4.72 Å². The van der Waals surface area contributed by atoms with E-state index in [-0.39, 0.29) is 10.0 Å². The van der Waals surface area contributed by atoms with E-state index in [4.69, 9.17) is 5.11 Å². The Morgan fingerprint density at radius 1 is 1.53 bits per heavy atom. The van der Waals surface area contributed by atoms with E-state index in [9.17, 15) is 13.2 Å². The summed E-state index contributed by atoms with van der Waals surface area (Å²) in [7, 11) is -3.83. The SMILES string of the molecule is Cc1nnc(NS(=O)(=O)c2cnn(CC(=O)O)c2)s1. The lowest BCUT2D eigenvalue weighted by molar-refractivity contribution is -0.137. The minimum absolute atomic E-state index is 0.137. The van der Waals surface area contributed by atoms with E-state index in [0.29, 0.717) is 5.01 Å². The van der Waals surface area contributed by atoms with Gasteiger partial charge in [-0.25, -0.2) is 8.42 Å². The Hall–Kier alpha value is -2.01. The van der Waals surface area contributed by atoms with Gasteiger partial charge in [-0.05, 0) is 6.92 Å². The molecule has 0 unspecified atom stereocenters. The van der Waals surface area contributed by atoms with Crippen LogP contribution in [0.4, 0.5) is 5.13 Å². The number of hydrogen-bond donors (Lipinski definition) is 2. The van der Waals surface area contributed by atoms with Gasteiger partial charge in [-0.2, -0.15) is 5.10 Å². The molecule has 0 fully saturated rings. The van der Waals surface area contributed by atoms with Crippen LogP contribution in [0.5, 0.6) is 0 Å². The van der Waals surface area contributed by atoms with E-state index in [1.165, 1.54) is 0 Å². The zero-order valence-electron chi connectivity index (χ0n) is 9.64. The molecule has 0 saturated heterocycles. The predicted octanol–water partition coefficient (Wildman–Crippen LogP) is -0.0716. The topological polar surface area (TPSA) is 127 Å². The number of nitrogens with one attached hydrogen (secondary N) is 1. The largest absolute Gasteiger partial charge is 0.480 e. The van der Waals surface area contributed by atoms with Crippen LogP contribution in [-0.4, -0.2) is 39.5 Å². The Kier molecular flexibility index (Phi) is 3.48. The van der Waals surface area contributed by atoms with Crippen molar-refractivity contribution in [2.75, 3.05) is 4.72 Å². The van der Waals surface area contributed by atoms with Gasteiger partial charge in [-0.1, -0.05) is 11.3 Å². The molecule has 102 valence electrons. The summed E-state index contributed by atoms with van der Waals surface area (Å²) in [5.74, 6) is -1.11. The summed E-state index contributed by atoms with van der Waals surface area (Å²) in [6, 6.07) is 0. The maximum absolute atomic E-state index is 11.9. The number of aryl methyl sites for hydroxylation is 1. The smallest absolute Gasteiger partial charge is 0.325 e. The van der Waals surface area contributed by atoms with Gasteiger partial charge >= 0.3 is 5.97 Å². The van der Waals surface area contributed by atoms with E-state index in [1.807, 2.05) is 0 Å². The van der Waals surface area contributed by atoms with Crippen molar-refractivity contribution in [3.8, 4) is 0 Å². The molecular formula is C8H9N5O4S2. The van der Waals surface area contributed by atoms with Crippen molar-refractivity contribution in [3.05, 3.63) is 17.4 Å². The van der Waals surface area contributed by atoms with Crippen molar-refractivity contribution in [2.24, 2.45) is 0 Å². The molecule has 0 aromatic carbocycles. The van der Waals surface area contributed by atoms with Crippen LogP contribution in [0.15, 0.2) is 17.3 Å². The van der Waals surface area contributed by atoms with Crippen molar-refractivity contribution in [2.45, 2.75) is 18.4 Å². The average molecular weight is 303 g/mol. The van der Waals surface area contributed by atoms with E-state index < -0.39 is 22.5 Å². The minimum atomic E-state index is -3.83. The maximum atomic E-state index is 11.9. The number of nitrogens with zero attached hydrogens (tertiary/aromatic N) is 4. The van der Waals surface area contributed by atoms with Crippen LogP contribution in [0.1, 0.15) is 5.01 Å². The number of sulfonamides is 1. The van der Waals surface area contributed by atoms with Gasteiger partial charge in [0.25, 0.3) is 10.0 Å².